The van der Waals surface area contributed by atoms with Gasteiger partial charge in [-0.2, -0.15) is 0 Å². The van der Waals surface area contributed by atoms with Crippen LogP contribution >= 0.6 is 0 Å². The Morgan fingerprint density at radius 3 is 2.55 bits per heavy atom. The Labute approximate surface area is 69.1 Å². The summed E-state index contributed by atoms with van der Waals surface area (Å²) in [6, 6.07) is 0. The van der Waals surface area contributed by atoms with Gasteiger partial charge in [0.15, 0.2) is 0 Å². The first kappa shape index (κ1) is 8.75. The van der Waals surface area contributed by atoms with E-state index in [-0.39, 0.29) is 5.54 Å². The molecule has 0 aromatic heterocycles. The summed E-state index contributed by atoms with van der Waals surface area (Å²) in [7, 11) is 2.14. The van der Waals surface area contributed by atoms with Gasteiger partial charge in [0.1, 0.15) is 0 Å². The Bertz CT molecular complexity index is 165. The average molecular weight is 154 g/mol. The van der Waals surface area contributed by atoms with E-state index < -0.39 is 0 Å². The lowest BCUT2D eigenvalue weighted by atomic mass is 9.90. The molecule has 0 radical (unpaired) electrons. The smallest absolute Gasteiger partial charge is 0.0312 e. The fourth-order valence-corrected chi connectivity index (χ4v) is 1.36. The van der Waals surface area contributed by atoms with Crippen LogP contribution in [0.2, 0.25) is 0 Å². The zero-order valence-electron chi connectivity index (χ0n) is 7.72. The van der Waals surface area contributed by atoms with Crippen molar-refractivity contribution < 1.29 is 0 Å². The highest BCUT2D eigenvalue weighted by Gasteiger charge is 2.19. The van der Waals surface area contributed by atoms with E-state index in [1.807, 2.05) is 0 Å². The molecule has 2 heteroatoms. The van der Waals surface area contributed by atoms with Crippen molar-refractivity contribution in [1.82, 2.24) is 4.90 Å². The maximum atomic E-state index is 5.97. The normalized spacial score (nSPS) is 21.6. The van der Waals surface area contributed by atoms with Crippen molar-refractivity contribution in [2.75, 3.05) is 20.1 Å². The number of nitrogens with two attached hydrogens (primary N) is 1. The molecule has 1 aliphatic heterocycles. The molecule has 1 aliphatic rings. The Morgan fingerprint density at radius 2 is 2.18 bits per heavy atom. The summed E-state index contributed by atoms with van der Waals surface area (Å²) in [4.78, 5) is 2.30. The van der Waals surface area contributed by atoms with Crippen molar-refractivity contribution in [2.45, 2.75) is 25.8 Å². The minimum Gasteiger partial charge on any atom is -0.322 e. The molecular formula is C9H18N2. The van der Waals surface area contributed by atoms with Gasteiger partial charge in [-0.15, -0.1) is 0 Å². The van der Waals surface area contributed by atoms with Crippen molar-refractivity contribution in [3.05, 3.63) is 11.6 Å². The van der Waals surface area contributed by atoms with E-state index >= 15 is 0 Å². The van der Waals surface area contributed by atoms with Gasteiger partial charge in [-0.1, -0.05) is 11.6 Å². The van der Waals surface area contributed by atoms with Gasteiger partial charge in [0, 0.05) is 18.6 Å². The van der Waals surface area contributed by atoms with Crippen LogP contribution in [0.25, 0.3) is 0 Å². The third-order valence-corrected chi connectivity index (χ3v) is 2.24. The van der Waals surface area contributed by atoms with Crippen LogP contribution in [0.1, 0.15) is 20.3 Å². The number of likely N-dealkylation sites (N-methyl/N-ethyl adjacent to an activating group) is 1. The minimum absolute atomic E-state index is 0.110. The van der Waals surface area contributed by atoms with E-state index in [1.54, 1.807) is 0 Å². The number of hydrogen-bond donors (Lipinski definition) is 1. The molecule has 0 bridgehead atoms. The van der Waals surface area contributed by atoms with Crippen molar-refractivity contribution in [3.63, 3.8) is 0 Å². The van der Waals surface area contributed by atoms with E-state index in [9.17, 15) is 0 Å². The molecule has 0 amide bonds. The molecule has 2 N–H and O–H groups in total. The molecule has 0 saturated heterocycles. The van der Waals surface area contributed by atoms with Crippen LogP contribution in [0.15, 0.2) is 11.6 Å². The molecule has 0 saturated carbocycles. The van der Waals surface area contributed by atoms with Crippen LogP contribution in [-0.4, -0.2) is 30.6 Å². The highest BCUT2D eigenvalue weighted by Crippen LogP contribution is 2.19. The standard InChI is InChI=1S/C9H18N2/c1-9(2,10)8-4-6-11(3)7-5-8/h4H,5-7,10H2,1-3H3. The van der Waals surface area contributed by atoms with Gasteiger partial charge in [-0.05, 0) is 27.3 Å². The van der Waals surface area contributed by atoms with Crippen molar-refractivity contribution in [2.24, 2.45) is 5.73 Å². The van der Waals surface area contributed by atoms with Gasteiger partial charge in [-0.25, -0.2) is 0 Å². The fraction of sp³-hybridized carbons (Fsp3) is 0.778. The van der Waals surface area contributed by atoms with Crippen LogP contribution in [0.5, 0.6) is 0 Å². The number of nitrogens with zero attached hydrogens (tertiary/aromatic N) is 1. The van der Waals surface area contributed by atoms with E-state index in [0.29, 0.717) is 0 Å². The first-order chi connectivity index (χ1) is 5.00. The molecule has 0 unspecified atom stereocenters. The molecule has 64 valence electrons. The SMILES string of the molecule is CN1CC=C(C(C)(C)N)CC1. The third kappa shape index (κ3) is 2.31. The zero-order chi connectivity index (χ0) is 8.48. The Hall–Kier alpha value is -0.340. The Morgan fingerprint density at radius 1 is 1.55 bits per heavy atom. The van der Waals surface area contributed by atoms with Crippen molar-refractivity contribution in [3.8, 4) is 0 Å². The lowest BCUT2D eigenvalue weighted by Gasteiger charge is -2.29. The summed E-state index contributed by atoms with van der Waals surface area (Å²) in [5, 5.41) is 0. The molecule has 2 nitrogen and oxygen atoms in total. The topological polar surface area (TPSA) is 29.3 Å². The molecule has 0 atom stereocenters. The quantitative estimate of drug-likeness (QED) is 0.571. The Kier molecular flexibility index (Phi) is 2.35. The lowest BCUT2D eigenvalue weighted by molar-refractivity contribution is 0.345. The highest BCUT2D eigenvalue weighted by atomic mass is 15.1. The third-order valence-electron chi connectivity index (χ3n) is 2.24. The van der Waals surface area contributed by atoms with Crippen molar-refractivity contribution in [1.29, 1.82) is 0 Å². The lowest BCUT2D eigenvalue weighted by Crippen LogP contribution is -2.38. The average Bonchev–Trinajstić information content (AvgIpc) is 1.86. The summed E-state index contributed by atoms with van der Waals surface area (Å²) in [5.41, 5.74) is 7.26. The second kappa shape index (κ2) is 2.95. The molecule has 0 fully saturated rings. The predicted octanol–water partition coefficient (Wildman–Crippen LogP) is 0.986. The minimum atomic E-state index is -0.110. The second-order valence-electron chi connectivity index (χ2n) is 3.96. The molecule has 1 heterocycles. The van der Waals surface area contributed by atoms with Crippen LogP contribution in [0.4, 0.5) is 0 Å². The summed E-state index contributed by atoms with van der Waals surface area (Å²) in [6.07, 6.45) is 3.38. The van der Waals surface area contributed by atoms with E-state index in [1.165, 1.54) is 5.57 Å². The molecule has 11 heavy (non-hydrogen) atoms. The zero-order valence-corrected chi connectivity index (χ0v) is 7.72. The number of rotatable bonds is 1. The summed E-state index contributed by atoms with van der Waals surface area (Å²) < 4.78 is 0. The maximum Gasteiger partial charge on any atom is 0.0312 e. The van der Waals surface area contributed by atoms with Gasteiger partial charge in [0.05, 0.1) is 0 Å². The summed E-state index contributed by atoms with van der Waals surface area (Å²) in [5.74, 6) is 0. The maximum absolute atomic E-state index is 5.97. The van der Waals surface area contributed by atoms with E-state index in [2.05, 4.69) is 31.9 Å². The van der Waals surface area contributed by atoms with Crippen LogP contribution in [-0.2, 0) is 0 Å². The molecular weight excluding hydrogens is 136 g/mol. The molecule has 0 aliphatic carbocycles. The van der Waals surface area contributed by atoms with Crippen molar-refractivity contribution >= 4 is 0 Å². The molecule has 1 rings (SSSR count). The van der Waals surface area contributed by atoms with Gasteiger partial charge in [0.25, 0.3) is 0 Å². The van der Waals surface area contributed by atoms with Crippen LogP contribution < -0.4 is 5.73 Å². The summed E-state index contributed by atoms with van der Waals surface area (Å²) >= 11 is 0. The second-order valence-corrected chi connectivity index (χ2v) is 3.96. The van der Waals surface area contributed by atoms with Crippen LogP contribution in [0.3, 0.4) is 0 Å². The van der Waals surface area contributed by atoms with Gasteiger partial charge >= 0.3 is 0 Å². The predicted molar refractivity (Wildman–Crippen MR) is 48.5 cm³/mol. The fourth-order valence-electron chi connectivity index (χ4n) is 1.36. The van der Waals surface area contributed by atoms with E-state index in [0.717, 1.165) is 19.5 Å². The number of hydrogen-bond acceptors (Lipinski definition) is 2. The summed E-state index contributed by atoms with van der Waals surface area (Å²) in [6.45, 7) is 6.34. The van der Waals surface area contributed by atoms with Crippen LogP contribution in [0, 0.1) is 0 Å². The molecule has 0 aromatic carbocycles. The Balaban J connectivity index is 2.62. The largest absolute Gasteiger partial charge is 0.322 e. The van der Waals surface area contributed by atoms with Gasteiger partial charge < -0.3 is 10.6 Å². The molecule has 0 spiro atoms. The van der Waals surface area contributed by atoms with E-state index in [4.69, 9.17) is 5.73 Å². The first-order valence-corrected chi connectivity index (χ1v) is 4.17. The first-order valence-electron chi connectivity index (χ1n) is 4.17. The molecule has 0 aromatic rings. The van der Waals surface area contributed by atoms with Gasteiger partial charge in [0.2, 0.25) is 0 Å². The van der Waals surface area contributed by atoms with Gasteiger partial charge in [-0.3, -0.25) is 0 Å². The monoisotopic (exact) mass is 154 g/mol. The highest BCUT2D eigenvalue weighted by molar-refractivity contribution is 5.18.